The number of hydrogen-bond donors (Lipinski definition) is 0. The van der Waals surface area contributed by atoms with Crippen molar-refractivity contribution in [1.29, 1.82) is 0 Å². The van der Waals surface area contributed by atoms with Gasteiger partial charge in [0, 0.05) is 11.4 Å². The molecule has 124 valence electrons. The SMILES string of the molecule is O=c1c2cc(-c3ccccc3)sc2nnn1CCCc1ccccc1. The van der Waals surface area contributed by atoms with Crippen LogP contribution in [0.15, 0.2) is 71.5 Å². The highest BCUT2D eigenvalue weighted by Crippen LogP contribution is 2.30. The van der Waals surface area contributed by atoms with Crippen molar-refractivity contribution in [2.75, 3.05) is 0 Å². The summed E-state index contributed by atoms with van der Waals surface area (Å²) in [5.74, 6) is 0. The molecule has 0 atom stereocenters. The van der Waals surface area contributed by atoms with E-state index < -0.39 is 0 Å². The molecule has 0 radical (unpaired) electrons. The predicted octanol–water partition coefficient (Wildman–Crippen LogP) is 4.15. The molecular weight excluding hydrogens is 330 g/mol. The Kier molecular flexibility index (Phi) is 4.39. The van der Waals surface area contributed by atoms with E-state index in [1.165, 1.54) is 21.6 Å². The van der Waals surface area contributed by atoms with Crippen molar-refractivity contribution in [3.63, 3.8) is 0 Å². The predicted molar refractivity (Wildman–Crippen MR) is 102 cm³/mol. The van der Waals surface area contributed by atoms with E-state index in [9.17, 15) is 4.79 Å². The van der Waals surface area contributed by atoms with Crippen LogP contribution in [0.3, 0.4) is 0 Å². The molecule has 0 amide bonds. The highest BCUT2D eigenvalue weighted by Gasteiger charge is 2.11. The Hall–Kier alpha value is -2.79. The third-order valence-electron chi connectivity index (χ3n) is 4.16. The molecule has 2 heterocycles. The molecule has 0 fully saturated rings. The number of benzene rings is 2. The minimum atomic E-state index is -0.0588. The number of thiophene rings is 1. The van der Waals surface area contributed by atoms with Gasteiger partial charge in [-0.3, -0.25) is 4.79 Å². The smallest absolute Gasteiger partial charge is 0.267 e. The lowest BCUT2D eigenvalue weighted by atomic mass is 10.1. The van der Waals surface area contributed by atoms with Crippen LogP contribution in [0.5, 0.6) is 0 Å². The van der Waals surface area contributed by atoms with Gasteiger partial charge < -0.3 is 0 Å². The van der Waals surface area contributed by atoms with Crippen LogP contribution in [-0.2, 0) is 13.0 Å². The van der Waals surface area contributed by atoms with Gasteiger partial charge in [-0.25, -0.2) is 4.68 Å². The van der Waals surface area contributed by atoms with Crippen molar-refractivity contribution in [2.45, 2.75) is 19.4 Å². The summed E-state index contributed by atoms with van der Waals surface area (Å²) in [4.78, 5) is 14.4. The van der Waals surface area contributed by atoms with Crippen molar-refractivity contribution in [3.8, 4) is 10.4 Å². The van der Waals surface area contributed by atoms with E-state index in [1.54, 1.807) is 0 Å². The summed E-state index contributed by atoms with van der Waals surface area (Å²) in [5, 5.41) is 9.01. The second kappa shape index (κ2) is 6.99. The second-order valence-corrected chi connectivity index (χ2v) is 6.93. The zero-order valence-corrected chi connectivity index (χ0v) is 14.4. The van der Waals surface area contributed by atoms with E-state index in [4.69, 9.17) is 0 Å². The molecule has 2 aromatic heterocycles. The molecular formula is C20H17N3OS. The molecule has 0 aliphatic carbocycles. The highest BCUT2D eigenvalue weighted by atomic mass is 32.1. The molecule has 4 nitrogen and oxygen atoms in total. The Morgan fingerprint density at radius 3 is 2.44 bits per heavy atom. The van der Waals surface area contributed by atoms with Crippen molar-refractivity contribution in [3.05, 3.63) is 82.6 Å². The lowest BCUT2D eigenvalue weighted by molar-refractivity contribution is 0.526. The Bertz CT molecular complexity index is 1040. The summed E-state index contributed by atoms with van der Waals surface area (Å²) in [7, 11) is 0. The summed E-state index contributed by atoms with van der Waals surface area (Å²) in [6, 6.07) is 22.2. The molecule has 4 aromatic rings. The third-order valence-corrected chi connectivity index (χ3v) is 5.23. The van der Waals surface area contributed by atoms with Gasteiger partial charge in [-0.2, -0.15) is 0 Å². The van der Waals surface area contributed by atoms with E-state index in [-0.39, 0.29) is 5.56 Å². The van der Waals surface area contributed by atoms with Crippen LogP contribution in [0.4, 0.5) is 0 Å². The zero-order valence-electron chi connectivity index (χ0n) is 13.6. The van der Waals surface area contributed by atoms with Crippen LogP contribution in [-0.4, -0.2) is 15.0 Å². The lowest BCUT2D eigenvalue weighted by Gasteiger charge is -2.03. The lowest BCUT2D eigenvalue weighted by Crippen LogP contribution is -2.23. The van der Waals surface area contributed by atoms with Crippen molar-refractivity contribution >= 4 is 21.6 Å². The van der Waals surface area contributed by atoms with Crippen molar-refractivity contribution in [2.24, 2.45) is 0 Å². The molecule has 0 spiro atoms. The summed E-state index contributed by atoms with van der Waals surface area (Å²) in [6.07, 6.45) is 1.78. The van der Waals surface area contributed by atoms with E-state index >= 15 is 0 Å². The van der Waals surface area contributed by atoms with E-state index in [0.717, 1.165) is 23.3 Å². The highest BCUT2D eigenvalue weighted by molar-refractivity contribution is 7.21. The van der Waals surface area contributed by atoms with Crippen LogP contribution >= 0.6 is 11.3 Å². The Balaban J connectivity index is 1.56. The fraction of sp³-hybridized carbons (Fsp3) is 0.150. The minimum Gasteiger partial charge on any atom is -0.267 e. The van der Waals surface area contributed by atoms with Gasteiger partial charge in [-0.05, 0) is 30.0 Å². The normalized spacial score (nSPS) is 11.0. The second-order valence-electron chi connectivity index (χ2n) is 5.90. The number of aryl methyl sites for hydroxylation is 2. The van der Waals surface area contributed by atoms with Crippen molar-refractivity contribution < 1.29 is 0 Å². The molecule has 0 saturated heterocycles. The molecule has 5 heteroatoms. The molecule has 0 N–H and O–H groups in total. The first-order chi connectivity index (χ1) is 12.3. The first-order valence-electron chi connectivity index (χ1n) is 8.28. The third kappa shape index (κ3) is 3.37. The van der Waals surface area contributed by atoms with Gasteiger partial charge in [0.15, 0.2) is 4.83 Å². The number of aromatic nitrogens is 3. The Morgan fingerprint density at radius 2 is 1.68 bits per heavy atom. The van der Waals surface area contributed by atoms with Gasteiger partial charge in [0.05, 0.1) is 5.39 Å². The molecule has 0 bridgehead atoms. The van der Waals surface area contributed by atoms with Gasteiger partial charge in [0.2, 0.25) is 0 Å². The van der Waals surface area contributed by atoms with Gasteiger partial charge in [-0.15, -0.1) is 16.4 Å². The van der Waals surface area contributed by atoms with Crippen LogP contribution in [0.25, 0.3) is 20.7 Å². The summed E-state index contributed by atoms with van der Waals surface area (Å²) < 4.78 is 1.48. The zero-order chi connectivity index (χ0) is 17.1. The van der Waals surface area contributed by atoms with E-state index in [0.29, 0.717) is 16.8 Å². The van der Waals surface area contributed by atoms with Crippen LogP contribution in [0.1, 0.15) is 12.0 Å². The maximum Gasteiger partial charge on any atom is 0.278 e. The average Bonchev–Trinajstić information content (AvgIpc) is 3.10. The number of hydrogen-bond acceptors (Lipinski definition) is 4. The molecule has 0 aliphatic rings. The monoisotopic (exact) mass is 347 g/mol. The maximum absolute atomic E-state index is 12.7. The van der Waals surface area contributed by atoms with Gasteiger partial charge in [-0.1, -0.05) is 65.9 Å². The largest absolute Gasteiger partial charge is 0.278 e. The molecule has 25 heavy (non-hydrogen) atoms. The topological polar surface area (TPSA) is 47.8 Å². The maximum atomic E-state index is 12.7. The fourth-order valence-corrected chi connectivity index (χ4v) is 3.82. The number of fused-ring (bicyclic) bond motifs is 1. The minimum absolute atomic E-state index is 0.0588. The van der Waals surface area contributed by atoms with Crippen molar-refractivity contribution in [1.82, 2.24) is 15.0 Å². The summed E-state index contributed by atoms with van der Waals surface area (Å²) in [5.41, 5.74) is 2.31. The number of nitrogens with zero attached hydrogens (tertiary/aromatic N) is 3. The van der Waals surface area contributed by atoms with Crippen LogP contribution < -0.4 is 5.56 Å². The molecule has 4 rings (SSSR count). The quantitative estimate of drug-likeness (QED) is 0.545. The van der Waals surface area contributed by atoms with Crippen LogP contribution in [0, 0.1) is 0 Å². The first kappa shape index (κ1) is 15.7. The van der Waals surface area contributed by atoms with Gasteiger partial charge >= 0.3 is 0 Å². The Morgan fingerprint density at radius 1 is 0.960 bits per heavy atom. The molecule has 2 aromatic carbocycles. The standard InChI is InChI=1S/C20H17N3OS/c24-20-17-14-18(16-11-5-2-6-12-16)25-19(17)21-22-23(20)13-7-10-15-8-3-1-4-9-15/h1-6,8-9,11-12,14H,7,10,13H2. The number of rotatable bonds is 5. The van der Waals surface area contributed by atoms with Gasteiger partial charge in [0.1, 0.15) is 0 Å². The summed E-state index contributed by atoms with van der Waals surface area (Å²) in [6.45, 7) is 0.577. The molecule has 0 unspecified atom stereocenters. The van der Waals surface area contributed by atoms with Crippen LogP contribution in [0.2, 0.25) is 0 Å². The average molecular weight is 347 g/mol. The summed E-state index contributed by atoms with van der Waals surface area (Å²) >= 11 is 1.51. The molecule has 0 aliphatic heterocycles. The van der Waals surface area contributed by atoms with E-state index in [1.807, 2.05) is 54.6 Å². The molecule has 0 saturated carbocycles. The first-order valence-corrected chi connectivity index (χ1v) is 9.09. The fourth-order valence-electron chi connectivity index (χ4n) is 2.85. The Labute approximate surface area is 149 Å². The van der Waals surface area contributed by atoms with E-state index in [2.05, 4.69) is 22.4 Å². The van der Waals surface area contributed by atoms with Gasteiger partial charge in [0.25, 0.3) is 5.56 Å².